The van der Waals surface area contributed by atoms with Crippen LogP contribution in [-0.4, -0.2) is 167 Å². The smallest absolute Gasteiger partial charge is 0.335 e. The van der Waals surface area contributed by atoms with Crippen molar-refractivity contribution >= 4 is 47.0 Å². The average Bonchev–Trinajstić information content (AvgIpc) is 3.13. The lowest BCUT2D eigenvalue weighted by Gasteiger charge is -2.34. The summed E-state index contributed by atoms with van der Waals surface area (Å²) in [5.74, 6) is -7.47. The van der Waals surface area contributed by atoms with Crippen LogP contribution in [0, 0.1) is 5.41 Å². The Kier molecular flexibility index (Phi) is 20.9. The highest BCUT2D eigenvalue weighted by atomic mass is 16.6. The summed E-state index contributed by atoms with van der Waals surface area (Å²) in [7, 11) is 0. The van der Waals surface area contributed by atoms with Gasteiger partial charge in [0.2, 0.25) is 0 Å². The van der Waals surface area contributed by atoms with E-state index in [1.165, 1.54) is 83.1 Å². The average molecular weight is 825 g/mol. The first-order chi connectivity index (χ1) is 26.0. The highest BCUT2D eigenvalue weighted by Gasteiger charge is 2.43. The molecule has 0 saturated carbocycles. The second-order valence-corrected chi connectivity index (χ2v) is 15.3. The van der Waals surface area contributed by atoms with E-state index in [2.05, 4.69) is 0 Å². The maximum Gasteiger partial charge on any atom is 0.335 e. The molecule has 57 heavy (non-hydrogen) atoms. The van der Waals surface area contributed by atoms with E-state index >= 15 is 0 Å². The Hall–Kier alpha value is -3.76. The number of carbonyl (C=O) groups is 8. The fourth-order valence-corrected chi connectivity index (χ4v) is 4.60. The molecule has 0 saturated heterocycles. The van der Waals surface area contributed by atoms with E-state index in [1.807, 2.05) is 0 Å². The van der Waals surface area contributed by atoms with Crippen LogP contribution < -0.4 is 0 Å². The second kappa shape index (κ2) is 22.4. The number of hydrogen-bond donors (Lipinski definition) is 4. The van der Waals surface area contributed by atoms with Gasteiger partial charge in [-0.1, -0.05) is 0 Å². The Balaban J connectivity index is 6.86. The number of ketones is 4. The van der Waals surface area contributed by atoms with Crippen LogP contribution in [-0.2, 0) is 76.3 Å². The van der Waals surface area contributed by atoms with Crippen molar-refractivity contribution in [1.82, 2.24) is 0 Å². The number of aliphatic hydroxyl groups is 4. The topological polar surface area (TPSA) is 291 Å². The van der Waals surface area contributed by atoms with Gasteiger partial charge in [0.15, 0.2) is 47.5 Å². The van der Waals surface area contributed by atoms with Crippen molar-refractivity contribution in [2.75, 3.05) is 52.9 Å². The Labute approximate surface area is 331 Å². The molecule has 0 rings (SSSR count). The molecule has 4 N–H and O–H groups in total. The third-order valence-electron chi connectivity index (χ3n) is 8.56. The van der Waals surface area contributed by atoms with Crippen LogP contribution >= 0.6 is 0 Å². The quantitative estimate of drug-likeness (QED) is 0.0550. The summed E-state index contributed by atoms with van der Waals surface area (Å²) < 4.78 is 43.9. The lowest BCUT2D eigenvalue weighted by molar-refractivity contribution is -0.192. The number of rotatable bonds is 28. The zero-order valence-electron chi connectivity index (χ0n) is 34.8. The standard InChI is InChI=1S/C37H60O20/c1-21(54-33(5,6)25(42)13-38)29(46)50-17-37(18-51-30(47)22(2)55-34(7,8)26(43)14-39,19-52-31(48)23(3)56-35(9,10)27(44)15-40)20-53-32(49)24(4)57-36(11,12)28(45)16-41/h21-24,38-41H,13-20H2,1-12H3. The molecule has 0 bridgehead atoms. The van der Waals surface area contributed by atoms with Crippen LogP contribution in [0.25, 0.3) is 0 Å². The molecule has 20 heteroatoms. The number of ether oxygens (including phenoxy) is 8. The molecule has 0 heterocycles. The van der Waals surface area contributed by atoms with Crippen molar-refractivity contribution in [2.24, 2.45) is 5.41 Å². The van der Waals surface area contributed by atoms with E-state index < -0.39 is 152 Å². The third kappa shape index (κ3) is 16.9. The second-order valence-electron chi connectivity index (χ2n) is 15.3. The molecule has 4 unspecified atom stereocenters. The van der Waals surface area contributed by atoms with Crippen LogP contribution in [0.5, 0.6) is 0 Å². The lowest BCUT2D eigenvalue weighted by atomic mass is 9.92. The Morgan fingerprint density at radius 2 is 0.526 bits per heavy atom. The minimum absolute atomic E-state index is 0.761. The van der Waals surface area contributed by atoms with Gasteiger partial charge in [0, 0.05) is 0 Å². The fraction of sp³-hybridized carbons (Fsp3) is 0.784. The molecule has 328 valence electrons. The van der Waals surface area contributed by atoms with Crippen molar-refractivity contribution in [3.05, 3.63) is 0 Å². The van der Waals surface area contributed by atoms with Gasteiger partial charge in [-0.25, -0.2) is 19.2 Å². The van der Waals surface area contributed by atoms with Crippen LogP contribution in [0.15, 0.2) is 0 Å². The summed E-state index contributed by atoms with van der Waals surface area (Å²) in [5, 5.41) is 37.1. The molecule has 0 spiro atoms. The number of Topliss-reactive ketones (excluding diaryl/α,β-unsaturated/α-hetero) is 4. The summed E-state index contributed by atoms with van der Waals surface area (Å²) in [4.78, 5) is 101. The maximum atomic E-state index is 13.2. The first kappa shape index (κ1) is 53.2. The summed E-state index contributed by atoms with van der Waals surface area (Å²) >= 11 is 0. The number of carbonyl (C=O) groups excluding carboxylic acids is 8. The zero-order valence-corrected chi connectivity index (χ0v) is 34.8. The van der Waals surface area contributed by atoms with Crippen molar-refractivity contribution in [3.63, 3.8) is 0 Å². The minimum atomic E-state index is -1.98. The summed E-state index contributed by atoms with van der Waals surface area (Å²) in [5.41, 5.74) is -8.55. The van der Waals surface area contributed by atoms with Gasteiger partial charge in [0.25, 0.3) is 0 Å². The molecule has 0 aromatic rings. The first-order valence-corrected chi connectivity index (χ1v) is 17.9. The SMILES string of the molecule is CC(OC(C)(C)C(=O)CO)C(=O)OCC(COC(=O)C(C)OC(C)(C)C(=O)CO)(COC(=O)C(C)OC(C)(C)C(=O)CO)COC(=O)C(C)OC(C)(C)C(=O)CO. The lowest BCUT2D eigenvalue weighted by Crippen LogP contribution is -2.49. The van der Waals surface area contributed by atoms with Gasteiger partial charge in [-0.3, -0.25) is 19.2 Å². The van der Waals surface area contributed by atoms with Crippen LogP contribution in [0.2, 0.25) is 0 Å². The van der Waals surface area contributed by atoms with Crippen molar-refractivity contribution in [2.45, 2.75) is 130 Å². The molecule has 20 nitrogen and oxygen atoms in total. The van der Waals surface area contributed by atoms with Gasteiger partial charge in [-0.05, 0) is 83.1 Å². The molecular weight excluding hydrogens is 764 g/mol. The normalized spacial score (nSPS) is 15.6. The van der Waals surface area contributed by atoms with E-state index in [0.29, 0.717) is 0 Å². The highest BCUT2D eigenvalue weighted by molar-refractivity contribution is 5.89. The monoisotopic (exact) mass is 824 g/mol. The van der Waals surface area contributed by atoms with E-state index in [4.69, 9.17) is 37.9 Å². The molecule has 0 aromatic carbocycles. The van der Waals surface area contributed by atoms with Gasteiger partial charge in [0.05, 0.1) is 0 Å². The zero-order chi connectivity index (χ0) is 44.7. The predicted molar refractivity (Wildman–Crippen MR) is 193 cm³/mol. The summed E-state index contributed by atoms with van der Waals surface area (Å²) in [6.45, 7) is 8.35. The van der Waals surface area contributed by atoms with Crippen molar-refractivity contribution in [3.8, 4) is 0 Å². The number of aliphatic hydroxyl groups excluding tert-OH is 4. The molecule has 0 aliphatic carbocycles. The van der Waals surface area contributed by atoms with E-state index in [-0.39, 0.29) is 0 Å². The number of hydrogen-bond acceptors (Lipinski definition) is 20. The molecular formula is C37H60O20. The van der Waals surface area contributed by atoms with Crippen LogP contribution in [0.3, 0.4) is 0 Å². The molecule has 0 radical (unpaired) electrons. The van der Waals surface area contributed by atoms with Gasteiger partial charge >= 0.3 is 23.9 Å². The largest absolute Gasteiger partial charge is 0.463 e. The Bertz CT molecular complexity index is 1220. The van der Waals surface area contributed by atoms with Crippen molar-refractivity contribution in [1.29, 1.82) is 0 Å². The molecule has 0 aliphatic heterocycles. The van der Waals surface area contributed by atoms with Crippen LogP contribution in [0.1, 0.15) is 83.1 Å². The van der Waals surface area contributed by atoms with Crippen LogP contribution in [0.4, 0.5) is 0 Å². The molecule has 0 aliphatic rings. The van der Waals surface area contributed by atoms with Gasteiger partial charge < -0.3 is 58.3 Å². The minimum Gasteiger partial charge on any atom is -0.463 e. The van der Waals surface area contributed by atoms with Crippen molar-refractivity contribution < 1.29 is 96.7 Å². The fourth-order valence-electron chi connectivity index (χ4n) is 4.60. The highest BCUT2D eigenvalue weighted by Crippen LogP contribution is 2.26. The summed E-state index contributed by atoms with van der Waals surface area (Å²) in [6, 6.07) is 0. The Morgan fingerprint density at radius 1 is 0.368 bits per heavy atom. The Morgan fingerprint density at radius 3 is 0.667 bits per heavy atom. The number of esters is 4. The molecule has 0 aromatic heterocycles. The van der Waals surface area contributed by atoms with E-state index in [0.717, 1.165) is 0 Å². The molecule has 4 atom stereocenters. The molecule has 0 amide bonds. The van der Waals surface area contributed by atoms with Gasteiger partial charge in [-0.15, -0.1) is 0 Å². The van der Waals surface area contributed by atoms with E-state index in [9.17, 15) is 58.8 Å². The maximum absolute atomic E-state index is 13.2. The van der Waals surface area contributed by atoms with Gasteiger partial charge in [0.1, 0.15) is 80.7 Å². The summed E-state index contributed by atoms with van der Waals surface area (Å²) in [6.07, 6.45) is -5.83. The third-order valence-corrected chi connectivity index (χ3v) is 8.56. The first-order valence-electron chi connectivity index (χ1n) is 17.9. The predicted octanol–water partition coefficient (Wildman–Crippen LogP) is -0.874. The van der Waals surface area contributed by atoms with E-state index in [1.54, 1.807) is 0 Å². The van der Waals surface area contributed by atoms with Gasteiger partial charge in [-0.2, -0.15) is 0 Å². The molecule has 0 fully saturated rings.